The molecule has 0 unspecified atom stereocenters. The Balaban J connectivity index is 2.05. The van der Waals surface area contributed by atoms with Gasteiger partial charge in [0.05, 0.1) is 6.61 Å². The molecule has 84 valence electrons. The zero-order valence-corrected chi connectivity index (χ0v) is 8.76. The molecule has 0 amide bonds. The van der Waals surface area contributed by atoms with E-state index in [1.807, 2.05) is 13.8 Å². The van der Waals surface area contributed by atoms with E-state index < -0.39 is 24.2 Å². The van der Waals surface area contributed by atoms with Crippen LogP contribution in [0, 0.1) is 0 Å². The molecule has 2 fully saturated rings. The molecule has 0 radical (unpaired) electrons. The Hall–Kier alpha value is -1.07. The second-order valence-electron chi connectivity index (χ2n) is 4.02. The summed E-state index contributed by atoms with van der Waals surface area (Å²) in [4.78, 5) is 11.0. The predicted octanol–water partition coefficient (Wildman–Crippen LogP) is 1.23. The minimum atomic E-state index is -0.682. The Bertz CT molecular complexity index is 286. The third-order valence-corrected chi connectivity index (χ3v) is 2.42. The minimum Gasteiger partial charge on any atom is -0.424 e. The van der Waals surface area contributed by atoms with Gasteiger partial charge in [0, 0.05) is 0 Å². The molecule has 2 heterocycles. The number of hydrogen-bond acceptors (Lipinski definition) is 5. The van der Waals surface area contributed by atoms with Crippen molar-refractivity contribution in [3.8, 4) is 0 Å². The van der Waals surface area contributed by atoms with E-state index in [0.717, 1.165) is 0 Å². The average molecular weight is 214 g/mol. The first kappa shape index (κ1) is 10.4. The number of carbonyl (C=O) groups is 1. The topological polar surface area (TPSA) is 54.0 Å². The van der Waals surface area contributed by atoms with Crippen LogP contribution in [0.15, 0.2) is 12.7 Å². The van der Waals surface area contributed by atoms with Crippen molar-refractivity contribution in [2.24, 2.45) is 0 Å². The molecule has 0 aromatic carbocycles. The van der Waals surface area contributed by atoms with Gasteiger partial charge in [0.1, 0.15) is 6.10 Å². The smallest absolute Gasteiger partial charge is 0.424 e. The van der Waals surface area contributed by atoms with Gasteiger partial charge in [0.2, 0.25) is 0 Å². The molecule has 2 rings (SSSR count). The van der Waals surface area contributed by atoms with Crippen LogP contribution in [0.2, 0.25) is 0 Å². The van der Waals surface area contributed by atoms with Crippen molar-refractivity contribution in [3.05, 3.63) is 12.7 Å². The van der Waals surface area contributed by atoms with Crippen molar-refractivity contribution in [1.82, 2.24) is 0 Å². The Labute approximate surface area is 87.9 Å². The molecule has 0 aromatic rings. The maximum atomic E-state index is 11.0. The van der Waals surface area contributed by atoms with Crippen LogP contribution >= 0.6 is 0 Å². The third-order valence-electron chi connectivity index (χ3n) is 2.42. The van der Waals surface area contributed by atoms with Gasteiger partial charge in [-0.15, -0.1) is 0 Å². The molecule has 0 bridgehead atoms. The van der Waals surface area contributed by atoms with Crippen LogP contribution in [0.25, 0.3) is 0 Å². The molecule has 2 aliphatic heterocycles. The number of cyclic esters (lactones) is 2. The Morgan fingerprint density at radius 1 is 1.47 bits per heavy atom. The van der Waals surface area contributed by atoms with Gasteiger partial charge in [-0.05, 0) is 19.9 Å². The van der Waals surface area contributed by atoms with Crippen LogP contribution in [-0.2, 0) is 18.9 Å². The van der Waals surface area contributed by atoms with Crippen molar-refractivity contribution in [1.29, 1.82) is 0 Å². The second kappa shape index (κ2) is 3.50. The monoisotopic (exact) mass is 214 g/mol. The van der Waals surface area contributed by atoms with Gasteiger partial charge in [-0.3, -0.25) is 0 Å². The summed E-state index contributed by atoms with van der Waals surface area (Å²) in [6.45, 7) is 7.60. The lowest BCUT2D eigenvalue weighted by atomic mass is 10.1. The highest BCUT2D eigenvalue weighted by atomic mass is 16.8. The zero-order chi connectivity index (χ0) is 11.1. The second-order valence-corrected chi connectivity index (χ2v) is 4.02. The number of ether oxygens (including phenoxy) is 4. The van der Waals surface area contributed by atoms with Gasteiger partial charge in [-0.25, -0.2) is 4.79 Å². The van der Waals surface area contributed by atoms with Crippen molar-refractivity contribution in [3.63, 3.8) is 0 Å². The molecular weight excluding hydrogens is 200 g/mol. The fourth-order valence-electron chi connectivity index (χ4n) is 1.73. The molecule has 3 atom stereocenters. The molecule has 2 aliphatic rings. The summed E-state index contributed by atoms with van der Waals surface area (Å²) in [6.07, 6.45) is -0.367. The summed E-state index contributed by atoms with van der Waals surface area (Å²) < 4.78 is 20.9. The van der Waals surface area contributed by atoms with Crippen molar-refractivity contribution >= 4 is 6.16 Å². The standard InChI is InChI=1S/C10H14O5/c1-4-6-8(14-9(11)13-6)7-5-12-10(2,3)15-7/h4,6-8H,1,5H2,2-3H3/t6-,7-,8+/m1/s1. The highest BCUT2D eigenvalue weighted by Gasteiger charge is 2.46. The maximum Gasteiger partial charge on any atom is 0.509 e. The Kier molecular flexibility index (Phi) is 2.44. The first-order chi connectivity index (χ1) is 7.02. The molecule has 0 saturated carbocycles. The van der Waals surface area contributed by atoms with Gasteiger partial charge in [-0.2, -0.15) is 0 Å². The van der Waals surface area contributed by atoms with Gasteiger partial charge >= 0.3 is 6.16 Å². The molecule has 0 aliphatic carbocycles. The fourth-order valence-corrected chi connectivity index (χ4v) is 1.73. The van der Waals surface area contributed by atoms with Crippen LogP contribution in [0.3, 0.4) is 0 Å². The third kappa shape index (κ3) is 1.98. The van der Waals surface area contributed by atoms with Crippen LogP contribution < -0.4 is 0 Å². The average Bonchev–Trinajstić information content (AvgIpc) is 2.68. The lowest BCUT2D eigenvalue weighted by molar-refractivity contribution is -0.149. The lowest BCUT2D eigenvalue weighted by Gasteiger charge is -2.20. The van der Waals surface area contributed by atoms with Crippen LogP contribution in [0.5, 0.6) is 0 Å². The van der Waals surface area contributed by atoms with Crippen molar-refractivity contribution in [2.45, 2.75) is 37.9 Å². The summed E-state index contributed by atoms with van der Waals surface area (Å²) >= 11 is 0. The van der Waals surface area contributed by atoms with E-state index in [-0.39, 0.29) is 6.10 Å². The van der Waals surface area contributed by atoms with Gasteiger partial charge < -0.3 is 18.9 Å². The lowest BCUT2D eigenvalue weighted by Crippen LogP contribution is -2.37. The van der Waals surface area contributed by atoms with Crippen molar-refractivity contribution in [2.75, 3.05) is 6.61 Å². The van der Waals surface area contributed by atoms with Crippen LogP contribution in [0.1, 0.15) is 13.8 Å². The van der Waals surface area contributed by atoms with E-state index in [9.17, 15) is 4.79 Å². The van der Waals surface area contributed by atoms with E-state index in [0.29, 0.717) is 6.61 Å². The van der Waals surface area contributed by atoms with Gasteiger partial charge in [0.25, 0.3) is 0 Å². The predicted molar refractivity (Wildman–Crippen MR) is 50.2 cm³/mol. The Morgan fingerprint density at radius 2 is 2.20 bits per heavy atom. The van der Waals surface area contributed by atoms with Gasteiger partial charge in [-0.1, -0.05) is 6.58 Å². The van der Waals surface area contributed by atoms with E-state index in [1.165, 1.54) is 6.08 Å². The largest absolute Gasteiger partial charge is 0.509 e. The summed E-state index contributed by atoms with van der Waals surface area (Å²) in [5, 5.41) is 0. The molecule has 0 aromatic heterocycles. The normalized spacial score (nSPS) is 38.5. The SMILES string of the molecule is C=C[C@H]1OC(=O)O[C@@H]1[C@H]1COC(C)(C)O1. The summed E-state index contributed by atoms with van der Waals surface area (Å²) in [5.74, 6) is -0.634. The number of carbonyl (C=O) groups excluding carboxylic acids is 1. The van der Waals surface area contributed by atoms with E-state index >= 15 is 0 Å². The Morgan fingerprint density at radius 3 is 2.73 bits per heavy atom. The quantitative estimate of drug-likeness (QED) is 0.511. The highest BCUT2D eigenvalue weighted by Crippen LogP contribution is 2.30. The highest BCUT2D eigenvalue weighted by molar-refractivity contribution is 5.63. The summed E-state index contributed by atoms with van der Waals surface area (Å²) in [7, 11) is 0. The molecule has 0 N–H and O–H groups in total. The zero-order valence-electron chi connectivity index (χ0n) is 8.76. The van der Waals surface area contributed by atoms with E-state index in [2.05, 4.69) is 6.58 Å². The van der Waals surface area contributed by atoms with E-state index in [4.69, 9.17) is 18.9 Å². The molecule has 5 nitrogen and oxygen atoms in total. The fraction of sp³-hybridized carbons (Fsp3) is 0.700. The van der Waals surface area contributed by atoms with Crippen LogP contribution in [0.4, 0.5) is 4.79 Å². The first-order valence-corrected chi connectivity index (χ1v) is 4.83. The molecule has 2 saturated heterocycles. The molecule has 15 heavy (non-hydrogen) atoms. The minimum absolute atomic E-state index is 0.297. The summed E-state index contributed by atoms with van der Waals surface area (Å²) in [5.41, 5.74) is 0. The maximum absolute atomic E-state index is 11.0. The van der Waals surface area contributed by atoms with Crippen LogP contribution in [-0.4, -0.2) is 36.9 Å². The molecular formula is C10H14O5. The van der Waals surface area contributed by atoms with Gasteiger partial charge in [0.15, 0.2) is 18.0 Å². The number of rotatable bonds is 2. The number of hydrogen-bond donors (Lipinski definition) is 0. The summed E-state index contributed by atoms with van der Waals surface area (Å²) in [6, 6.07) is 0. The first-order valence-electron chi connectivity index (χ1n) is 4.83. The molecule has 5 heteroatoms. The van der Waals surface area contributed by atoms with E-state index in [1.54, 1.807) is 0 Å². The molecule has 0 spiro atoms. The van der Waals surface area contributed by atoms with Crippen molar-refractivity contribution < 1.29 is 23.7 Å².